The van der Waals surface area contributed by atoms with Crippen molar-refractivity contribution in [3.63, 3.8) is 0 Å². The summed E-state index contributed by atoms with van der Waals surface area (Å²) in [5, 5.41) is 7.68. The van der Waals surface area contributed by atoms with Gasteiger partial charge in [-0.05, 0) is 12.5 Å². The lowest BCUT2D eigenvalue weighted by Gasteiger charge is -2.05. The van der Waals surface area contributed by atoms with Gasteiger partial charge in [0, 0.05) is 29.1 Å². The number of H-pyrrole nitrogens is 1. The Kier molecular flexibility index (Phi) is 12.1. The lowest BCUT2D eigenvalue weighted by atomic mass is 10.1. The number of amides is 2. The largest absolute Gasteiger partial charge is 0.361 e. The highest BCUT2D eigenvalue weighted by atomic mass is 16.2. The minimum absolute atomic E-state index is 0.0535. The van der Waals surface area contributed by atoms with Gasteiger partial charge in [-0.2, -0.15) is 5.10 Å². The number of carbonyl (C=O) groups is 2. The molecule has 0 atom stereocenters. The number of rotatable bonds is 16. The number of aromatic nitrogens is 1. The van der Waals surface area contributed by atoms with Crippen LogP contribution in [-0.4, -0.2) is 29.6 Å². The third-order valence-electron chi connectivity index (χ3n) is 5.47. The summed E-state index contributed by atoms with van der Waals surface area (Å²) in [5.74, 6) is -0.407. The first kappa shape index (κ1) is 24.6. The molecule has 6 nitrogen and oxygen atoms in total. The number of fused-ring (bicyclic) bond motifs is 1. The van der Waals surface area contributed by atoms with Gasteiger partial charge >= 0.3 is 0 Å². The van der Waals surface area contributed by atoms with E-state index >= 15 is 0 Å². The van der Waals surface area contributed by atoms with Crippen LogP contribution in [0.1, 0.15) is 89.5 Å². The van der Waals surface area contributed by atoms with Gasteiger partial charge in [0.2, 0.25) is 5.91 Å². The Hall–Kier alpha value is -2.63. The number of unbranched alkanes of at least 4 members (excludes halogenated alkanes) is 10. The Balaban J connectivity index is 1.46. The first-order chi connectivity index (χ1) is 15.2. The van der Waals surface area contributed by atoms with E-state index in [1.165, 1.54) is 57.8 Å². The van der Waals surface area contributed by atoms with Crippen LogP contribution < -0.4 is 10.7 Å². The zero-order chi connectivity index (χ0) is 22.2. The number of nitrogens with one attached hydrogen (secondary N) is 3. The van der Waals surface area contributed by atoms with Crippen LogP contribution in [-0.2, 0) is 9.59 Å². The molecule has 6 heteroatoms. The van der Waals surface area contributed by atoms with Crippen molar-refractivity contribution >= 4 is 28.9 Å². The smallest absolute Gasteiger partial charge is 0.259 e. The fourth-order valence-corrected chi connectivity index (χ4v) is 3.63. The number of nitrogens with zero attached hydrogens (tertiary/aromatic N) is 1. The molecule has 3 N–H and O–H groups in total. The van der Waals surface area contributed by atoms with Gasteiger partial charge in [-0.3, -0.25) is 9.59 Å². The number of benzene rings is 1. The second kappa shape index (κ2) is 15.2. The Morgan fingerprint density at radius 2 is 1.55 bits per heavy atom. The molecule has 0 saturated heterocycles. The molecule has 0 unspecified atom stereocenters. The first-order valence-corrected chi connectivity index (χ1v) is 11.9. The standard InChI is InChI=1S/C25H38N4O2/c1-2-3-4-5-6-7-8-9-10-11-12-17-24(30)27-20-25(31)29-28-19-21-18-26-23-16-14-13-15-22(21)23/h13-16,18-19,26H,2-12,17,20H2,1H3,(H,27,30)(H,29,31)/b28-19+. The Morgan fingerprint density at radius 1 is 0.903 bits per heavy atom. The summed E-state index contributed by atoms with van der Waals surface area (Å²) in [6.07, 6.45) is 17.7. The number of hydrogen-bond donors (Lipinski definition) is 3. The average Bonchev–Trinajstić information content (AvgIpc) is 3.19. The van der Waals surface area contributed by atoms with Crippen LogP contribution in [0.4, 0.5) is 0 Å². The highest BCUT2D eigenvalue weighted by molar-refractivity contribution is 5.99. The Labute approximate surface area is 186 Å². The van der Waals surface area contributed by atoms with E-state index in [2.05, 4.69) is 27.8 Å². The number of hydrazone groups is 1. The lowest BCUT2D eigenvalue weighted by Crippen LogP contribution is -2.34. The Morgan fingerprint density at radius 3 is 2.26 bits per heavy atom. The summed E-state index contributed by atoms with van der Waals surface area (Å²) in [7, 11) is 0. The van der Waals surface area contributed by atoms with Gasteiger partial charge in [-0.25, -0.2) is 5.43 Å². The summed E-state index contributed by atoms with van der Waals surface area (Å²) in [4.78, 5) is 26.9. The molecule has 1 heterocycles. The van der Waals surface area contributed by atoms with Gasteiger partial charge < -0.3 is 10.3 Å². The third-order valence-corrected chi connectivity index (χ3v) is 5.47. The van der Waals surface area contributed by atoms with Gasteiger partial charge in [-0.15, -0.1) is 0 Å². The predicted octanol–water partition coefficient (Wildman–Crippen LogP) is 5.44. The highest BCUT2D eigenvalue weighted by Crippen LogP contribution is 2.15. The molecule has 0 saturated carbocycles. The molecule has 1 aromatic heterocycles. The molecule has 0 radical (unpaired) electrons. The number of aromatic amines is 1. The van der Waals surface area contributed by atoms with Crippen LogP contribution in [0.2, 0.25) is 0 Å². The van der Waals surface area contributed by atoms with E-state index in [-0.39, 0.29) is 18.4 Å². The first-order valence-electron chi connectivity index (χ1n) is 11.9. The normalized spacial score (nSPS) is 11.3. The quantitative estimate of drug-likeness (QED) is 0.190. The molecule has 31 heavy (non-hydrogen) atoms. The fraction of sp³-hybridized carbons (Fsp3) is 0.560. The zero-order valence-electron chi connectivity index (χ0n) is 18.9. The van der Waals surface area contributed by atoms with Crippen molar-refractivity contribution < 1.29 is 9.59 Å². The fourth-order valence-electron chi connectivity index (χ4n) is 3.63. The van der Waals surface area contributed by atoms with E-state index < -0.39 is 0 Å². The van der Waals surface area contributed by atoms with Crippen LogP contribution >= 0.6 is 0 Å². The van der Waals surface area contributed by atoms with Crippen LogP contribution in [0.3, 0.4) is 0 Å². The van der Waals surface area contributed by atoms with E-state index in [1.807, 2.05) is 30.5 Å². The van der Waals surface area contributed by atoms with E-state index in [1.54, 1.807) is 6.21 Å². The molecule has 2 rings (SSSR count). The summed E-state index contributed by atoms with van der Waals surface area (Å²) in [6.45, 7) is 2.19. The molecule has 0 bridgehead atoms. The van der Waals surface area contributed by atoms with Gasteiger partial charge in [-0.1, -0.05) is 89.3 Å². The molecule has 0 fully saturated rings. The zero-order valence-corrected chi connectivity index (χ0v) is 18.9. The van der Waals surface area contributed by atoms with Crippen molar-refractivity contribution in [3.05, 3.63) is 36.0 Å². The van der Waals surface area contributed by atoms with Gasteiger partial charge in [0.1, 0.15) is 0 Å². The van der Waals surface area contributed by atoms with E-state index in [0.717, 1.165) is 29.3 Å². The monoisotopic (exact) mass is 426 g/mol. The maximum absolute atomic E-state index is 11.9. The van der Waals surface area contributed by atoms with Gasteiger partial charge in [0.25, 0.3) is 5.91 Å². The SMILES string of the molecule is CCCCCCCCCCCCCC(=O)NCC(=O)N/N=C/c1c[nH]c2ccccc12. The summed E-state index contributed by atoms with van der Waals surface area (Å²) in [5.41, 5.74) is 4.37. The topological polar surface area (TPSA) is 86.3 Å². The van der Waals surface area contributed by atoms with Crippen molar-refractivity contribution in [2.24, 2.45) is 5.10 Å². The molecule has 2 amide bonds. The molecule has 2 aromatic rings. The minimum atomic E-state index is -0.330. The molecule has 1 aromatic carbocycles. The van der Waals surface area contributed by atoms with E-state index in [0.29, 0.717) is 6.42 Å². The average molecular weight is 427 g/mol. The van der Waals surface area contributed by atoms with Gasteiger partial charge in [0.05, 0.1) is 12.8 Å². The summed E-state index contributed by atoms with van der Waals surface area (Å²) >= 11 is 0. The van der Waals surface area contributed by atoms with Crippen molar-refractivity contribution in [1.29, 1.82) is 0 Å². The second-order valence-corrected chi connectivity index (χ2v) is 8.15. The van der Waals surface area contributed by atoms with E-state index in [9.17, 15) is 9.59 Å². The second-order valence-electron chi connectivity index (χ2n) is 8.15. The number of carbonyl (C=O) groups excluding carboxylic acids is 2. The maximum Gasteiger partial charge on any atom is 0.259 e. The van der Waals surface area contributed by atoms with Crippen LogP contribution in [0.5, 0.6) is 0 Å². The van der Waals surface area contributed by atoms with Crippen molar-refractivity contribution in [3.8, 4) is 0 Å². The molecule has 0 aliphatic heterocycles. The van der Waals surface area contributed by atoms with Crippen molar-refractivity contribution in [2.75, 3.05) is 6.54 Å². The third kappa shape index (κ3) is 10.3. The molecule has 0 aliphatic rings. The summed E-state index contributed by atoms with van der Waals surface area (Å²) in [6, 6.07) is 7.89. The minimum Gasteiger partial charge on any atom is -0.361 e. The molecular formula is C25H38N4O2. The molecule has 170 valence electrons. The lowest BCUT2D eigenvalue weighted by molar-refractivity contribution is -0.126. The molecule has 0 spiro atoms. The van der Waals surface area contributed by atoms with Crippen LogP contribution in [0.15, 0.2) is 35.6 Å². The molecule has 0 aliphatic carbocycles. The van der Waals surface area contributed by atoms with Crippen LogP contribution in [0.25, 0.3) is 10.9 Å². The van der Waals surface area contributed by atoms with Gasteiger partial charge in [0.15, 0.2) is 0 Å². The van der Waals surface area contributed by atoms with E-state index in [4.69, 9.17) is 0 Å². The van der Waals surface area contributed by atoms with Crippen molar-refractivity contribution in [1.82, 2.24) is 15.7 Å². The maximum atomic E-state index is 11.9. The van der Waals surface area contributed by atoms with Crippen LogP contribution in [0, 0.1) is 0 Å². The molecular weight excluding hydrogens is 388 g/mol. The highest BCUT2D eigenvalue weighted by Gasteiger charge is 2.05. The number of para-hydroxylation sites is 1. The van der Waals surface area contributed by atoms with Crippen molar-refractivity contribution in [2.45, 2.75) is 84.0 Å². The summed E-state index contributed by atoms with van der Waals surface area (Å²) < 4.78 is 0. The Bertz CT molecular complexity index is 813. The predicted molar refractivity (Wildman–Crippen MR) is 128 cm³/mol. The number of hydrogen-bond acceptors (Lipinski definition) is 3.